The minimum absolute atomic E-state index is 0.133. The smallest absolute Gasteiger partial charge is 0.413 e. The Morgan fingerprint density at radius 3 is 2.69 bits per heavy atom. The van der Waals surface area contributed by atoms with Crippen molar-refractivity contribution in [3.05, 3.63) is 16.3 Å². The van der Waals surface area contributed by atoms with Crippen LogP contribution in [0.1, 0.15) is 20.8 Å². The second kappa shape index (κ2) is 4.44. The third kappa shape index (κ3) is 3.81. The molecule has 0 radical (unpaired) electrons. The van der Waals surface area contributed by atoms with Gasteiger partial charge in [0.05, 0.1) is 4.92 Å². The Labute approximate surface area is 95.6 Å². The summed E-state index contributed by atoms with van der Waals surface area (Å²) in [4.78, 5) is 24.7. The molecule has 88 valence electrons. The number of anilines is 1. The predicted molar refractivity (Wildman–Crippen MR) is 58.6 cm³/mol. The van der Waals surface area contributed by atoms with Gasteiger partial charge in [-0.1, -0.05) is 0 Å². The van der Waals surface area contributed by atoms with E-state index in [1.165, 1.54) is 0 Å². The normalized spacial score (nSPS) is 10.9. The molecule has 0 saturated carbocycles. The van der Waals surface area contributed by atoms with E-state index in [4.69, 9.17) is 4.74 Å². The minimum Gasteiger partial charge on any atom is -0.444 e. The lowest BCUT2D eigenvalue weighted by Gasteiger charge is -2.18. The molecule has 0 atom stereocenters. The highest BCUT2D eigenvalue weighted by Gasteiger charge is 2.18. The van der Waals surface area contributed by atoms with Crippen LogP contribution < -0.4 is 5.32 Å². The van der Waals surface area contributed by atoms with Gasteiger partial charge in [0.1, 0.15) is 11.8 Å². The number of ether oxygens (including phenoxy) is 1. The van der Waals surface area contributed by atoms with E-state index < -0.39 is 16.6 Å². The maximum atomic E-state index is 11.3. The monoisotopic (exact) mass is 245 g/mol. The molecule has 16 heavy (non-hydrogen) atoms. The molecule has 0 aromatic carbocycles. The lowest BCUT2D eigenvalue weighted by molar-refractivity contribution is -0.380. The second-order valence-electron chi connectivity index (χ2n) is 3.89. The van der Waals surface area contributed by atoms with Crippen molar-refractivity contribution in [1.29, 1.82) is 0 Å². The molecular formula is C8H11N3O4S. The van der Waals surface area contributed by atoms with Crippen molar-refractivity contribution >= 4 is 27.6 Å². The lowest BCUT2D eigenvalue weighted by Crippen LogP contribution is -2.27. The topological polar surface area (TPSA) is 94.4 Å². The Hall–Kier alpha value is -1.70. The number of amides is 1. The van der Waals surface area contributed by atoms with Gasteiger partial charge in [0.15, 0.2) is 5.13 Å². The first-order valence-corrected chi connectivity index (χ1v) is 5.20. The number of aromatic nitrogens is 1. The second-order valence-corrected chi connectivity index (χ2v) is 4.90. The predicted octanol–water partition coefficient (Wildman–Crippen LogP) is 2.40. The van der Waals surface area contributed by atoms with Crippen LogP contribution in [-0.2, 0) is 4.74 Å². The third-order valence-electron chi connectivity index (χ3n) is 1.28. The van der Waals surface area contributed by atoms with E-state index in [-0.39, 0.29) is 10.1 Å². The molecule has 0 saturated heterocycles. The van der Waals surface area contributed by atoms with Gasteiger partial charge in [-0.2, -0.15) is 0 Å². The van der Waals surface area contributed by atoms with E-state index >= 15 is 0 Å². The summed E-state index contributed by atoms with van der Waals surface area (Å²) < 4.78 is 4.96. The fraction of sp³-hybridized carbons (Fsp3) is 0.500. The zero-order valence-corrected chi connectivity index (χ0v) is 9.83. The van der Waals surface area contributed by atoms with Gasteiger partial charge < -0.3 is 4.74 Å². The van der Waals surface area contributed by atoms with Crippen LogP contribution in [0.5, 0.6) is 0 Å². The number of nitro groups is 1. The van der Waals surface area contributed by atoms with Crippen molar-refractivity contribution < 1.29 is 14.5 Å². The molecule has 1 amide bonds. The summed E-state index contributed by atoms with van der Waals surface area (Å²) in [7, 11) is 0. The summed E-state index contributed by atoms with van der Waals surface area (Å²) >= 11 is 0.773. The molecule has 1 aromatic heterocycles. The Kier molecular flexibility index (Phi) is 3.43. The highest BCUT2D eigenvalue weighted by Crippen LogP contribution is 2.25. The van der Waals surface area contributed by atoms with Gasteiger partial charge in [0.25, 0.3) is 0 Å². The molecule has 0 aliphatic carbocycles. The van der Waals surface area contributed by atoms with Crippen LogP contribution in [0.15, 0.2) is 6.20 Å². The highest BCUT2D eigenvalue weighted by atomic mass is 32.1. The number of hydrogen-bond donors (Lipinski definition) is 1. The quantitative estimate of drug-likeness (QED) is 0.637. The first-order valence-electron chi connectivity index (χ1n) is 4.38. The van der Waals surface area contributed by atoms with Crippen molar-refractivity contribution in [3.63, 3.8) is 0 Å². The van der Waals surface area contributed by atoms with E-state index in [0.29, 0.717) is 0 Å². The maximum absolute atomic E-state index is 11.3. The van der Waals surface area contributed by atoms with Gasteiger partial charge in [-0.05, 0) is 32.1 Å². The number of carbonyl (C=O) groups is 1. The van der Waals surface area contributed by atoms with Crippen molar-refractivity contribution in [2.24, 2.45) is 0 Å². The SMILES string of the molecule is CC(C)(C)OC(=O)Nc1ncc([N+](=O)[O-])s1. The number of hydrogen-bond acceptors (Lipinski definition) is 6. The molecule has 1 rings (SSSR count). The summed E-state index contributed by atoms with van der Waals surface area (Å²) in [5, 5.41) is 12.7. The van der Waals surface area contributed by atoms with E-state index in [1.807, 2.05) is 0 Å². The Balaban J connectivity index is 2.60. The molecule has 1 heterocycles. The summed E-state index contributed by atoms with van der Waals surface area (Å²) in [6.45, 7) is 5.16. The first-order chi connectivity index (χ1) is 7.28. The van der Waals surface area contributed by atoms with Gasteiger partial charge in [0.2, 0.25) is 0 Å². The zero-order valence-electron chi connectivity index (χ0n) is 9.01. The number of rotatable bonds is 2. The summed E-state index contributed by atoms with van der Waals surface area (Å²) in [6, 6.07) is 0. The molecule has 1 aromatic rings. The van der Waals surface area contributed by atoms with Crippen LogP contribution in [0.4, 0.5) is 14.9 Å². The zero-order chi connectivity index (χ0) is 12.3. The molecule has 0 bridgehead atoms. The Morgan fingerprint density at radius 1 is 1.62 bits per heavy atom. The van der Waals surface area contributed by atoms with Crippen molar-refractivity contribution in [3.8, 4) is 0 Å². The fourth-order valence-electron chi connectivity index (χ4n) is 0.799. The van der Waals surface area contributed by atoms with Crippen molar-refractivity contribution in [1.82, 2.24) is 4.98 Å². The molecule has 7 nitrogen and oxygen atoms in total. The number of nitrogens with one attached hydrogen (secondary N) is 1. The van der Waals surface area contributed by atoms with E-state index in [1.54, 1.807) is 20.8 Å². The largest absolute Gasteiger partial charge is 0.444 e. The van der Waals surface area contributed by atoms with Crippen LogP contribution in [0, 0.1) is 10.1 Å². The molecule has 8 heteroatoms. The van der Waals surface area contributed by atoms with Gasteiger partial charge in [-0.25, -0.2) is 9.78 Å². The van der Waals surface area contributed by atoms with Gasteiger partial charge in [-0.3, -0.25) is 15.4 Å². The van der Waals surface area contributed by atoms with Crippen LogP contribution in [0.25, 0.3) is 0 Å². The number of carbonyl (C=O) groups excluding carboxylic acids is 1. The average Bonchev–Trinajstić information content (AvgIpc) is 2.48. The average molecular weight is 245 g/mol. The lowest BCUT2D eigenvalue weighted by atomic mass is 10.2. The van der Waals surface area contributed by atoms with Crippen molar-refractivity contribution in [2.75, 3.05) is 5.32 Å². The molecule has 0 fully saturated rings. The highest BCUT2D eigenvalue weighted by molar-refractivity contribution is 7.18. The van der Waals surface area contributed by atoms with E-state index in [2.05, 4.69) is 10.3 Å². The summed E-state index contributed by atoms with van der Waals surface area (Å²) in [6.07, 6.45) is 0.397. The van der Waals surface area contributed by atoms with Crippen LogP contribution in [0.3, 0.4) is 0 Å². The first kappa shape index (κ1) is 12.4. The van der Waals surface area contributed by atoms with E-state index in [9.17, 15) is 14.9 Å². The van der Waals surface area contributed by atoms with Crippen LogP contribution in [0.2, 0.25) is 0 Å². The molecule has 0 aliphatic heterocycles. The Morgan fingerprint density at radius 2 is 2.25 bits per heavy atom. The molecular weight excluding hydrogens is 234 g/mol. The Bertz CT molecular complexity index is 410. The fourth-order valence-corrected chi connectivity index (χ4v) is 1.42. The number of nitrogens with zero attached hydrogens (tertiary/aromatic N) is 2. The molecule has 0 aliphatic rings. The van der Waals surface area contributed by atoms with E-state index in [0.717, 1.165) is 17.5 Å². The van der Waals surface area contributed by atoms with Gasteiger partial charge in [0, 0.05) is 0 Å². The molecule has 1 N–H and O–H groups in total. The van der Waals surface area contributed by atoms with Gasteiger partial charge in [-0.15, -0.1) is 0 Å². The summed E-state index contributed by atoms with van der Waals surface area (Å²) in [5.74, 6) is 0. The minimum atomic E-state index is -0.684. The van der Waals surface area contributed by atoms with Crippen molar-refractivity contribution in [2.45, 2.75) is 26.4 Å². The van der Waals surface area contributed by atoms with Crippen LogP contribution >= 0.6 is 11.3 Å². The summed E-state index contributed by atoms with van der Waals surface area (Å²) in [5.41, 5.74) is -0.618. The number of thiazole rings is 1. The van der Waals surface area contributed by atoms with Gasteiger partial charge >= 0.3 is 11.1 Å². The van der Waals surface area contributed by atoms with Crippen LogP contribution in [-0.4, -0.2) is 21.6 Å². The third-order valence-corrected chi connectivity index (χ3v) is 2.15. The maximum Gasteiger partial charge on any atom is 0.413 e. The molecule has 0 spiro atoms. The standard InChI is InChI=1S/C8H11N3O4S/c1-8(2,3)15-7(12)10-6-9-4-5(16-6)11(13)14/h4H,1-3H3,(H,9,10,12). The molecule has 0 unspecified atom stereocenters.